The van der Waals surface area contributed by atoms with Gasteiger partial charge in [-0.1, -0.05) is 0 Å². The number of aromatic nitrogens is 3. The van der Waals surface area contributed by atoms with Gasteiger partial charge in [0.15, 0.2) is 0 Å². The van der Waals surface area contributed by atoms with Gasteiger partial charge in [0.05, 0.1) is 18.1 Å². The van der Waals surface area contributed by atoms with Crippen molar-refractivity contribution in [3.63, 3.8) is 0 Å². The Morgan fingerprint density at radius 3 is 2.31 bits per heavy atom. The standard InChI is InChI=1S/C19H19F2N5/c20-16-3-1-14(2-4-16)19-15(11-23-24-19)13-25-7-9-26(10-8-25)18-6-5-17(21)12-22-18/h1-6,11-12H,7-10,13H2,(H,23,24). The van der Waals surface area contributed by atoms with Crippen molar-refractivity contribution in [3.05, 3.63) is 66.0 Å². The molecule has 1 N–H and O–H groups in total. The number of hydrogen-bond donors (Lipinski definition) is 1. The first-order valence-electron chi connectivity index (χ1n) is 8.56. The van der Waals surface area contributed by atoms with Gasteiger partial charge in [-0.25, -0.2) is 13.8 Å². The number of benzene rings is 1. The third-order valence-electron chi connectivity index (χ3n) is 4.65. The molecule has 0 unspecified atom stereocenters. The highest BCUT2D eigenvalue weighted by atomic mass is 19.1. The molecular formula is C19H19F2N5. The molecule has 4 rings (SSSR count). The van der Waals surface area contributed by atoms with Crippen LogP contribution in [0.1, 0.15) is 5.56 Å². The summed E-state index contributed by atoms with van der Waals surface area (Å²) >= 11 is 0. The number of H-pyrrole nitrogens is 1. The highest BCUT2D eigenvalue weighted by Crippen LogP contribution is 2.23. The highest BCUT2D eigenvalue weighted by Gasteiger charge is 2.20. The van der Waals surface area contributed by atoms with Crippen LogP contribution < -0.4 is 4.90 Å². The summed E-state index contributed by atoms with van der Waals surface area (Å²) in [5.41, 5.74) is 2.94. The van der Waals surface area contributed by atoms with Gasteiger partial charge in [0.2, 0.25) is 0 Å². The Bertz CT molecular complexity index is 852. The third-order valence-corrected chi connectivity index (χ3v) is 4.65. The van der Waals surface area contributed by atoms with Crippen molar-refractivity contribution in [2.24, 2.45) is 0 Å². The summed E-state index contributed by atoms with van der Waals surface area (Å²) in [6, 6.07) is 9.57. The lowest BCUT2D eigenvalue weighted by Gasteiger charge is -2.35. The molecule has 1 aliphatic rings. The first-order chi connectivity index (χ1) is 12.7. The molecule has 1 fully saturated rings. The third kappa shape index (κ3) is 3.57. The zero-order chi connectivity index (χ0) is 17.9. The SMILES string of the molecule is Fc1ccc(-c2[nH]ncc2CN2CCN(c3ccc(F)cn3)CC2)cc1. The van der Waals surface area contributed by atoms with Crippen molar-refractivity contribution in [1.82, 2.24) is 20.1 Å². The van der Waals surface area contributed by atoms with E-state index in [9.17, 15) is 8.78 Å². The lowest BCUT2D eigenvalue weighted by Crippen LogP contribution is -2.46. The molecule has 1 saturated heterocycles. The molecule has 0 saturated carbocycles. The smallest absolute Gasteiger partial charge is 0.141 e. The summed E-state index contributed by atoms with van der Waals surface area (Å²) in [6.07, 6.45) is 3.08. The van der Waals surface area contributed by atoms with Crippen molar-refractivity contribution in [1.29, 1.82) is 0 Å². The van der Waals surface area contributed by atoms with Gasteiger partial charge in [-0.3, -0.25) is 10.00 Å². The van der Waals surface area contributed by atoms with E-state index in [0.29, 0.717) is 0 Å². The molecule has 1 aliphatic heterocycles. The zero-order valence-corrected chi connectivity index (χ0v) is 14.2. The van der Waals surface area contributed by atoms with E-state index in [1.807, 2.05) is 6.20 Å². The van der Waals surface area contributed by atoms with Gasteiger partial charge in [-0.05, 0) is 36.4 Å². The van der Waals surface area contributed by atoms with Crippen molar-refractivity contribution in [2.75, 3.05) is 31.1 Å². The van der Waals surface area contributed by atoms with Gasteiger partial charge in [0, 0.05) is 43.9 Å². The number of rotatable bonds is 4. The largest absolute Gasteiger partial charge is 0.354 e. The molecule has 0 spiro atoms. The summed E-state index contributed by atoms with van der Waals surface area (Å²) in [5.74, 6) is 0.238. The van der Waals surface area contributed by atoms with Crippen LogP contribution in [0.5, 0.6) is 0 Å². The van der Waals surface area contributed by atoms with Crippen LogP contribution in [0.15, 0.2) is 48.8 Å². The minimum absolute atomic E-state index is 0.250. The number of pyridine rings is 1. The van der Waals surface area contributed by atoms with Crippen LogP contribution in [0, 0.1) is 11.6 Å². The van der Waals surface area contributed by atoms with E-state index in [4.69, 9.17) is 0 Å². The normalized spacial score (nSPS) is 15.4. The maximum atomic E-state index is 13.1. The van der Waals surface area contributed by atoms with E-state index in [1.54, 1.807) is 18.2 Å². The molecule has 0 radical (unpaired) electrons. The molecule has 0 atom stereocenters. The molecule has 0 bridgehead atoms. The zero-order valence-electron chi connectivity index (χ0n) is 14.2. The summed E-state index contributed by atoms with van der Waals surface area (Å²) in [4.78, 5) is 8.65. The Balaban J connectivity index is 1.40. The van der Waals surface area contributed by atoms with E-state index in [1.165, 1.54) is 24.4 Å². The summed E-state index contributed by atoms with van der Waals surface area (Å²) in [6.45, 7) is 4.21. The van der Waals surface area contributed by atoms with Gasteiger partial charge in [0.25, 0.3) is 0 Å². The quantitative estimate of drug-likeness (QED) is 0.781. The van der Waals surface area contributed by atoms with E-state index < -0.39 is 0 Å². The number of hydrogen-bond acceptors (Lipinski definition) is 4. The summed E-state index contributed by atoms with van der Waals surface area (Å²) < 4.78 is 26.1. The molecule has 134 valence electrons. The monoisotopic (exact) mass is 355 g/mol. The van der Waals surface area contributed by atoms with Gasteiger partial charge in [0.1, 0.15) is 17.5 Å². The van der Waals surface area contributed by atoms with Crippen LogP contribution >= 0.6 is 0 Å². The van der Waals surface area contributed by atoms with E-state index in [0.717, 1.165) is 55.4 Å². The Morgan fingerprint density at radius 1 is 0.885 bits per heavy atom. The molecule has 5 nitrogen and oxygen atoms in total. The number of anilines is 1. The summed E-state index contributed by atoms with van der Waals surface area (Å²) in [7, 11) is 0. The number of nitrogens with one attached hydrogen (secondary N) is 1. The number of nitrogens with zero attached hydrogens (tertiary/aromatic N) is 4. The Kier molecular flexibility index (Phi) is 4.62. The lowest BCUT2D eigenvalue weighted by molar-refractivity contribution is 0.249. The molecular weight excluding hydrogens is 336 g/mol. The fourth-order valence-electron chi connectivity index (χ4n) is 3.23. The predicted molar refractivity (Wildman–Crippen MR) is 95.7 cm³/mol. The Hall–Kier alpha value is -2.80. The van der Waals surface area contributed by atoms with Crippen LogP contribution in [-0.4, -0.2) is 46.3 Å². The minimum Gasteiger partial charge on any atom is -0.354 e. The van der Waals surface area contributed by atoms with Gasteiger partial charge in [-0.15, -0.1) is 0 Å². The van der Waals surface area contributed by atoms with Crippen molar-refractivity contribution in [2.45, 2.75) is 6.54 Å². The first kappa shape index (κ1) is 16.7. The second-order valence-electron chi connectivity index (χ2n) is 6.37. The van der Waals surface area contributed by atoms with Crippen LogP contribution in [0.2, 0.25) is 0 Å². The van der Waals surface area contributed by atoms with E-state index >= 15 is 0 Å². The van der Waals surface area contributed by atoms with Gasteiger partial charge in [-0.2, -0.15) is 5.10 Å². The number of halogens is 2. The Labute approximate surface area is 150 Å². The molecule has 0 aliphatic carbocycles. The van der Waals surface area contributed by atoms with Gasteiger partial charge >= 0.3 is 0 Å². The number of aromatic amines is 1. The molecule has 3 heterocycles. The fraction of sp³-hybridized carbons (Fsp3) is 0.263. The minimum atomic E-state index is -0.319. The molecule has 3 aromatic rings. The molecule has 1 aromatic carbocycles. The lowest BCUT2D eigenvalue weighted by atomic mass is 10.1. The second kappa shape index (κ2) is 7.21. The molecule has 7 heteroatoms. The molecule has 2 aromatic heterocycles. The topological polar surface area (TPSA) is 48.1 Å². The van der Waals surface area contributed by atoms with E-state index in [-0.39, 0.29) is 11.6 Å². The van der Waals surface area contributed by atoms with Crippen LogP contribution in [0.4, 0.5) is 14.6 Å². The maximum Gasteiger partial charge on any atom is 0.141 e. The fourth-order valence-corrected chi connectivity index (χ4v) is 3.23. The van der Waals surface area contributed by atoms with E-state index in [2.05, 4.69) is 25.0 Å². The molecule has 0 amide bonds. The van der Waals surface area contributed by atoms with Crippen molar-refractivity contribution in [3.8, 4) is 11.3 Å². The second-order valence-corrected chi connectivity index (χ2v) is 6.37. The van der Waals surface area contributed by atoms with Gasteiger partial charge < -0.3 is 4.90 Å². The number of piperazine rings is 1. The predicted octanol–water partition coefficient (Wildman–Crippen LogP) is 3.07. The summed E-state index contributed by atoms with van der Waals surface area (Å²) in [5, 5.41) is 7.17. The van der Waals surface area contributed by atoms with Crippen LogP contribution in [0.25, 0.3) is 11.3 Å². The van der Waals surface area contributed by atoms with Crippen molar-refractivity contribution < 1.29 is 8.78 Å². The Morgan fingerprint density at radius 2 is 1.62 bits per heavy atom. The molecule has 26 heavy (non-hydrogen) atoms. The van der Waals surface area contributed by atoms with Crippen LogP contribution in [-0.2, 0) is 6.54 Å². The maximum absolute atomic E-state index is 13.1. The first-order valence-corrected chi connectivity index (χ1v) is 8.56. The highest BCUT2D eigenvalue weighted by molar-refractivity contribution is 5.62. The average molecular weight is 355 g/mol. The van der Waals surface area contributed by atoms with Crippen molar-refractivity contribution >= 4 is 5.82 Å². The van der Waals surface area contributed by atoms with Crippen LogP contribution in [0.3, 0.4) is 0 Å². The average Bonchev–Trinajstić information content (AvgIpc) is 3.12.